The van der Waals surface area contributed by atoms with Gasteiger partial charge in [0.1, 0.15) is 0 Å². The first-order chi connectivity index (χ1) is 4.18. The van der Waals surface area contributed by atoms with Gasteiger partial charge in [-0.3, -0.25) is 10.1 Å². The number of nitrogens with zero attached hydrogens (tertiary/aromatic N) is 1. The predicted octanol–water partition coefficient (Wildman–Crippen LogP) is 1.74. The Kier molecular flexibility index (Phi) is 3.35. The monoisotopic (exact) mass is 127 g/mol. The molecule has 0 aliphatic heterocycles. The molecule has 0 atom stereocenters. The summed E-state index contributed by atoms with van der Waals surface area (Å²) < 4.78 is 0. The summed E-state index contributed by atoms with van der Waals surface area (Å²) in [4.78, 5) is 9.35. The molecule has 0 aromatic heterocycles. The molecule has 0 heterocycles. The van der Waals surface area contributed by atoms with Crippen molar-refractivity contribution in [3.63, 3.8) is 0 Å². The van der Waals surface area contributed by atoms with Crippen molar-refractivity contribution in [2.75, 3.05) is 0 Å². The molecule has 0 rings (SSSR count). The highest BCUT2D eigenvalue weighted by molar-refractivity contribution is 5.04. The molecule has 0 bridgehead atoms. The number of rotatable bonds is 3. The quantitative estimate of drug-likeness (QED) is 0.329. The smallest absolute Gasteiger partial charge is 0.258 e. The second kappa shape index (κ2) is 3.83. The van der Waals surface area contributed by atoms with Crippen LogP contribution in [-0.2, 0) is 0 Å². The summed E-state index contributed by atoms with van der Waals surface area (Å²) in [5.41, 5.74) is -0.0585. The largest absolute Gasteiger partial charge is 0.261 e. The van der Waals surface area contributed by atoms with Crippen molar-refractivity contribution in [1.29, 1.82) is 0 Å². The average Bonchev–Trinajstić information content (AvgIpc) is 1.82. The molecule has 0 amide bonds. The fourth-order valence-corrected chi connectivity index (χ4v) is 0.315. The predicted molar refractivity (Wildman–Crippen MR) is 35.6 cm³/mol. The van der Waals surface area contributed by atoms with Gasteiger partial charge in [0.2, 0.25) is 0 Å². The molecule has 0 saturated carbocycles. The third-order valence-electron chi connectivity index (χ3n) is 0.780. The van der Waals surface area contributed by atoms with Gasteiger partial charge < -0.3 is 0 Å². The lowest BCUT2D eigenvalue weighted by Gasteiger charge is -1.83. The molecule has 0 aromatic carbocycles. The van der Waals surface area contributed by atoms with E-state index < -0.39 is 4.92 Å². The van der Waals surface area contributed by atoms with Crippen LogP contribution in [0.5, 0.6) is 0 Å². The zero-order valence-corrected chi connectivity index (χ0v) is 5.33. The Morgan fingerprint density at radius 3 is 2.78 bits per heavy atom. The summed E-state index contributed by atoms with van der Waals surface area (Å²) in [5, 5.41) is 9.86. The second-order valence-corrected chi connectivity index (χ2v) is 1.56. The molecule has 50 valence electrons. The first-order valence-electron chi connectivity index (χ1n) is 2.68. The lowest BCUT2D eigenvalue weighted by Crippen LogP contribution is -1.91. The van der Waals surface area contributed by atoms with Crippen molar-refractivity contribution in [3.8, 4) is 0 Å². The van der Waals surface area contributed by atoms with E-state index in [0.29, 0.717) is 0 Å². The van der Waals surface area contributed by atoms with E-state index in [1.54, 1.807) is 6.08 Å². The molecular formula is C6H9NO2. The standard InChI is InChI=1S/C6H9NO2/c1-3-4-5-6(2)7(8)9/h4-5H,2-3H2,1H3/b5-4-. The van der Waals surface area contributed by atoms with Crippen LogP contribution in [0.2, 0.25) is 0 Å². The van der Waals surface area contributed by atoms with Crippen molar-refractivity contribution in [2.24, 2.45) is 0 Å². The minimum absolute atomic E-state index is 0.0585. The molecule has 0 fully saturated rings. The molecule has 0 aromatic rings. The first-order valence-corrected chi connectivity index (χ1v) is 2.68. The minimum atomic E-state index is -0.508. The van der Waals surface area contributed by atoms with Gasteiger partial charge in [-0.05, 0) is 13.0 Å². The molecular weight excluding hydrogens is 118 g/mol. The van der Waals surface area contributed by atoms with Gasteiger partial charge in [-0.2, -0.15) is 0 Å². The summed E-state index contributed by atoms with van der Waals surface area (Å²) in [6, 6.07) is 0. The van der Waals surface area contributed by atoms with E-state index in [2.05, 4.69) is 6.58 Å². The SMILES string of the molecule is C=C(/C=C\CC)[N+](=O)[O-]. The van der Waals surface area contributed by atoms with E-state index >= 15 is 0 Å². The van der Waals surface area contributed by atoms with E-state index in [4.69, 9.17) is 0 Å². The normalized spacial score (nSPS) is 9.89. The summed E-state index contributed by atoms with van der Waals surface area (Å²) in [6.07, 6.45) is 3.90. The zero-order chi connectivity index (χ0) is 7.28. The summed E-state index contributed by atoms with van der Waals surface area (Å²) in [6.45, 7) is 5.11. The van der Waals surface area contributed by atoms with Crippen LogP contribution in [-0.4, -0.2) is 4.92 Å². The van der Waals surface area contributed by atoms with E-state index in [9.17, 15) is 10.1 Å². The zero-order valence-electron chi connectivity index (χ0n) is 5.33. The Morgan fingerprint density at radius 1 is 1.89 bits per heavy atom. The molecule has 0 aliphatic carbocycles. The van der Waals surface area contributed by atoms with Crippen LogP contribution >= 0.6 is 0 Å². The number of hydrogen-bond acceptors (Lipinski definition) is 2. The van der Waals surface area contributed by atoms with Crippen LogP contribution in [0, 0.1) is 10.1 Å². The fourth-order valence-electron chi connectivity index (χ4n) is 0.315. The van der Waals surface area contributed by atoms with Crippen molar-refractivity contribution in [3.05, 3.63) is 34.5 Å². The maximum atomic E-state index is 9.86. The van der Waals surface area contributed by atoms with Crippen molar-refractivity contribution in [2.45, 2.75) is 13.3 Å². The molecule has 9 heavy (non-hydrogen) atoms. The summed E-state index contributed by atoms with van der Waals surface area (Å²) in [7, 11) is 0. The van der Waals surface area contributed by atoms with E-state index in [1.165, 1.54) is 6.08 Å². The van der Waals surface area contributed by atoms with Crippen LogP contribution < -0.4 is 0 Å². The van der Waals surface area contributed by atoms with E-state index in [0.717, 1.165) is 6.42 Å². The van der Waals surface area contributed by atoms with Gasteiger partial charge in [-0.1, -0.05) is 13.0 Å². The number of allylic oxidation sites excluding steroid dienone is 2. The van der Waals surface area contributed by atoms with Gasteiger partial charge in [0.05, 0.1) is 4.92 Å². The molecule has 0 aliphatic rings. The first kappa shape index (κ1) is 7.88. The highest BCUT2D eigenvalue weighted by Gasteiger charge is 1.96. The molecule has 3 heteroatoms. The second-order valence-electron chi connectivity index (χ2n) is 1.56. The molecule has 0 saturated heterocycles. The van der Waals surface area contributed by atoms with Crippen LogP contribution in [0.25, 0.3) is 0 Å². The topological polar surface area (TPSA) is 43.1 Å². The highest BCUT2D eigenvalue weighted by Crippen LogP contribution is 1.93. The lowest BCUT2D eigenvalue weighted by molar-refractivity contribution is -0.418. The van der Waals surface area contributed by atoms with E-state index in [1.807, 2.05) is 6.92 Å². The van der Waals surface area contributed by atoms with Crippen LogP contribution in [0.4, 0.5) is 0 Å². The fraction of sp³-hybridized carbons (Fsp3) is 0.333. The summed E-state index contributed by atoms with van der Waals surface area (Å²) >= 11 is 0. The minimum Gasteiger partial charge on any atom is -0.258 e. The maximum absolute atomic E-state index is 9.86. The van der Waals surface area contributed by atoms with Gasteiger partial charge >= 0.3 is 0 Å². The third kappa shape index (κ3) is 3.46. The Balaban J connectivity index is 3.77. The Bertz CT molecular complexity index is 149. The van der Waals surface area contributed by atoms with Gasteiger partial charge in [0, 0.05) is 6.08 Å². The molecule has 0 spiro atoms. The third-order valence-corrected chi connectivity index (χ3v) is 0.780. The average molecular weight is 127 g/mol. The van der Waals surface area contributed by atoms with E-state index in [-0.39, 0.29) is 5.70 Å². The Labute approximate surface area is 53.8 Å². The van der Waals surface area contributed by atoms with Crippen LogP contribution in [0.1, 0.15) is 13.3 Å². The lowest BCUT2D eigenvalue weighted by atomic mass is 10.4. The number of nitro groups is 1. The van der Waals surface area contributed by atoms with Gasteiger partial charge in [0.25, 0.3) is 5.70 Å². The van der Waals surface area contributed by atoms with Gasteiger partial charge in [0.15, 0.2) is 0 Å². The molecule has 3 nitrogen and oxygen atoms in total. The molecule has 0 radical (unpaired) electrons. The van der Waals surface area contributed by atoms with Crippen LogP contribution in [0.3, 0.4) is 0 Å². The maximum Gasteiger partial charge on any atom is 0.261 e. The van der Waals surface area contributed by atoms with Gasteiger partial charge in [-0.25, -0.2) is 0 Å². The Morgan fingerprint density at radius 2 is 2.44 bits per heavy atom. The Hall–Kier alpha value is -1.12. The number of hydrogen-bond donors (Lipinski definition) is 0. The van der Waals surface area contributed by atoms with Crippen molar-refractivity contribution in [1.82, 2.24) is 0 Å². The van der Waals surface area contributed by atoms with Crippen LogP contribution in [0.15, 0.2) is 24.4 Å². The summed E-state index contributed by atoms with van der Waals surface area (Å²) in [5.74, 6) is 0. The van der Waals surface area contributed by atoms with Crippen molar-refractivity contribution < 1.29 is 4.92 Å². The van der Waals surface area contributed by atoms with Crippen molar-refractivity contribution >= 4 is 0 Å². The molecule has 0 N–H and O–H groups in total. The highest BCUT2D eigenvalue weighted by atomic mass is 16.6. The van der Waals surface area contributed by atoms with Gasteiger partial charge in [-0.15, -0.1) is 0 Å². The molecule has 0 unspecified atom stereocenters.